The third-order valence-corrected chi connectivity index (χ3v) is 4.87. The van der Waals surface area contributed by atoms with E-state index in [-0.39, 0.29) is 11.2 Å². The van der Waals surface area contributed by atoms with Crippen LogP contribution in [0.15, 0.2) is 18.2 Å². The third-order valence-electron chi connectivity index (χ3n) is 4.87. The molecule has 2 nitrogen and oxygen atoms in total. The van der Waals surface area contributed by atoms with Gasteiger partial charge in [-0.15, -0.1) is 0 Å². The van der Waals surface area contributed by atoms with Crippen molar-refractivity contribution in [3.8, 4) is 5.75 Å². The van der Waals surface area contributed by atoms with Gasteiger partial charge in [0.25, 0.3) is 0 Å². The fraction of sp³-hybridized carbons (Fsp3) is 0.647. The van der Waals surface area contributed by atoms with Crippen LogP contribution in [0.1, 0.15) is 44.6 Å². The zero-order valence-corrected chi connectivity index (χ0v) is 12.8. The second kappa shape index (κ2) is 6.57. The first kappa shape index (κ1) is 15.3. The largest absolute Gasteiger partial charge is 0.494 e. The Bertz CT molecular complexity index is 441. The van der Waals surface area contributed by atoms with Gasteiger partial charge < -0.3 is 10.1 Å². The smallest absolute Gasteiger partial charge is 0.168 e. The minimum Gasteiger partial charge on any atom is -0.494 e. The highest BCUT2D eigenvalue weighted by Gasteiger charge is 2.35. The molecular formula is C17H26FNO. The lowest BCUT2D eigenvalue weighted by Crippen LogP contribution is -2.44. The van der Waals surface area contributed by atoms with Gasteiger partial charge in [0.1, 0.15) is 0 Å². The number of hydrogen-bond acceptors (Lipinski definition) is 2. The predicted molar refractivity (Wildman–Crippen MR) is 80.7 cm³/mol. The van der Waals surface area contributed by atoms with Crippen LogP contribution in [0.4, 0.5) is 4.39 Å². The first-order valence-electron chi connectivity index (χ1n) is 7.59. The molecule has 1 aromatic carbocycles. The molecule has 0 saturated heterocycles. The van der Waals surface area contributed by atoms with Crippen molar-refractivity contribution in [3.63, 3.8) is 0 Å². The molecule has 0 aliphatic heterocycles. The standard InChI is InChI=1S/C17H26FNO/c1-17(10-5-4-6-11-17)15(19-2)12-13-8-7-9-14(20-3)16(13)18/h7-9,15,19H,4-6,10-12H2,1-3H3. The number of hydrogen-bond donors (Lipinski definition) is 1. The molecule has 0 spiro atoms. The molecule has 2 rings (SSSR count). The summed E-state index contributed by atoms with van der Waals surface area (Å²) in [5, 5.41) is 3.42. The number of ether oxygens (including phenoxy) is 1. The average molecular weight is 279 g/mol. The summed E-state index contributed by atoms with van der Waals surface area (Å²) in [7, 11) is 3.50. The van der Waals surface area contributed by atoms with Crippen molar-refractivity contribution in [1.29, 1.82) is 0 Å². The van der Waals surface area contributed by atoms with Crippen molar-refractivity contribution in [2.24, 2.45) is 5.41 Å². The molecule has 1 saturated carbocycles. The highest BCUT2D eigenvalue weighted by molar-refractivity contribution is 5.31. The number of nitrogens with one attached hydrogen (secondary N) is 1. The van der Waals surface area contributed by atoms with Crippen LogP contribution in [-0.4, -0.2) is 20.2 Å². The van der Waals surface area contributed by atoms with Crippen molar-refractivity contribution < 1.29 is 9.13 Å². The number of methoxy groups -OCH3 is 1. The van der Waals surface area contributed by atoms with E-state index in [9.17, 15) is 4.39 Å². The van der Waals surface area contributed by atoms with Crippen LogP contribution in [0.2, 0.25) is 0 Å². The molecule has 112 valence electrons. The van der Waals surface area contributed by atoms with E-state index in [0.717, 1.165) is 12.0 Å². The van der Waals surface area contributed by atoms with Gasteiger partial charge in [-0.05, 0) is 43.4 Å². The molecule has 20 heavy (non-hydrogen) atoms. The number of halogens is 1. The normalized spacial score (nSPS) is 19.6. The summed E-state index contributed by atoms with van der Waals surface area (Å²) in [6.45, 7) is 2.34. The molecule has 3 heteroatoms. The molecule has 0 aromatic heterocycles. The zero-order valence-electron chi connectivity index (χ0n) is 12.8. The molecule has 1 aromatic rings. The maximum absolute atomic E-state index is 14.3. The topological polar surface area (TPSA) is 21.3 Å². The van der Waals surface area contributed by atoms with E-state index in [1.54, 1.807) is 6.07 Å². The van der Waals surface area contributed by atoms with Crippen LogP contribution in [-0.2, 0) is 6.42 Å². The molecule has 1 N–H and O–H groups in total. The van der Waals surface area contributed by atoms with Crippen molar-refractivity contribution in [2.75, 3.05) is 14.2 Å². The Kier molecular flexibility index (Phi) is 5.03. The molecule has 1 fully saturated rings. The highest BCUT2D eigenvalue weighted by atomic mass is 19.1. The number of rotatable bonds is 5. The van der Waals surface area contributed by atoms with Gasteiger partial charge in [0.2, 0.25) is 0 Å². The van der Waals surface area contributed by atoms with Crippen molar-refractivity contribution in [2.45, 2.75) is 51.5 Å². The lowest BCUT2D eigenvalue weighted by Gasteiger charge is -2.41. The van der Waals surface area contributed by atoms with Crippen molar-refractivity contribution >= 4 is 0 Å². The fourth-order valence-electron chi connectivity index (χ4n) is 3.50. The number of benzene rings is 1. The summed E-state index contributed by atoms with van der Waals surface area (Å²) < 4.78 is 19.4. The first-order chi connectivity index (χ1) is 9.60. The van der Waals surface area contributed by atoms with Crippen molar-refractivity contribution in [3.05, 3.63) is 29.6 Å². The Morgan fingerprint density at radius 1 is 1.30 bits per heavy atom. The van der Waals surface area contributed by atoms with Gasteiger partial charge in [-0.25, -0.2) is 4.39 Å². The molecule has 0 radical (unpaired) electrons. The minimum atomic E-state index is -0.213. The number of likely N-dealkylation sites (N-methyl/N-ethyl adjacent to an activating group) is 1. The summed E-state index contributed by atoms with van der Waals surface area (Å²) in [5.41, 5.74) is 1.01. The molecule has 1 aliphatic carbocycles. The van der Waals surface area contributed by atoms with E-state index in [1.807, 2.05) is 19.2 Å². The molecular weight excluding hydrogens is 253 g/mol. The second-order valence-electron chi connectivity index (χ2n) is 6.19. The van der Waals surface area contributed by atoms with E-state index < -0.39 is 0 Å². The van der Waals surface area contributed by atoms with E-state index in [0.29, 0.717) is 11.8 Å². The molecule has 0 amide bonds. The lowest BCUT2D eigenvalue weighted by molar-refractivity contribution is 0.148. The highest BCUT2D eigenvalue weighted by Crippen LogP contribution is 2.40. The molecule has 1 unspecified atom stereocenters. The molecule has 1 atom stereocenters. The van der Waals surface area contributed by atoms with Crippen LogP contribution in [0.3, 0.4) is 0 Å². The maximum atomic E-state index is 14.3. The average Bonchev–Trinajstić information content (AvgIpc) is 2.46. The molecule has 1 aliphatic rings. The summed E-state index contributed by atoms with van der Waals surface area (Å²) in [6, 6.07) is 5.72. The lowest BCUT2D eigenvalue weighted by atomic mass is 9.69. The van der Waals surface area contributed by atoms with Crippen LogP contribution >= 0.6 is 0 Å². The van der Waals surface area contributed by atoms with Gasteiger partial charge in [0.15, 0.2) is 11.6 Å². The van der Waals surface area contributed by atoms with Crippen molar-refractivity contribution in [1.82, 2.24) is 5.32 Å². The maximum Gasteiger partial charge on any atom is 0.168 e. The van der Waals surface area contributed by atoms with Gasteiger partial charge in [-0.3, -0.25) is 0 Å². The quantitative estimate of drug-likeness (QED) is 0.881. The van der Waals surface area contributed by atoms with Gasteiger partial charge in [-0.2, -0.15) is 0 Å². The molecule has 0 bridgehead atoms. The predicted octanol–water partition coefficient (Wildman–Crippen LogP) is 3.94. The van der Waals surface area contributed by atoms with E-state index >= 15 is 0 Å². The van der Waals surface area contributed by atoms with Gasteiger partial charge in [0, 0.05) is 6.04 Å². The Labute approximate surface area is 121 Å². The SMILES string of the molecule is CNC(Cc1cccc(OC)c1F)C1(C)CCCCC1. The minimum absolute atomic E-state index is 0.213. The third kappa shape index (κ3) is 3.14. The Balaban J connectivity index is 2.18. The van der Waals surface area contributed by atoms with Gasteiger partial charge >= 0.3 is 0 Å². The fourth-order valence-corrected chi connectivity index (χ4v) is 3.50. The zero-order chi connectivity index (χ0) is 14.6. The van der Waals surface area contributed by atoms with Gasteiger partial charge in [-0.1, -0.05) is 38.3 Å². The molecule has 0 heterocycles. The van der Waals surface area contributed by atoms with E-state index in [2.05, 4.69) is 12.2 Å². The summed E-state index contributed by atoms with van der Waals surface area (Å²) >= 11 is 0. The van der Waals surface area contributed by atoms with Crippen LogP contribution in [0.25, 0.3) is 0 Å². The Hall–Kier alpha value is -1.09. The summed E-state index contributed by atoms with van der Waals surface area (Å²) in [5.74, 6) is 0.126. The van der Waals surface area contributed by atoms with Crippen LogP contribution in [0, 0.1) is 11.2 Å². The second-order valence-corrected chi connectivity index (χ2v) is 6.19. The monoisotopic (exact) mass is 279 g/mol. The van der Waals surface area contributed by atoms with Crippen LogP contribution in [0.5, 0.6) is 5.75 Å². The van der Waals surface area contributed by atoms with Crippen LogP contribution < -0.4 is 10.1 Å². The Morgan fingerprint density at radius 3 is 2.60 bits per heavy atom. The van der Waals surface area contributed by atoms with E-state index in [1.165, 1.54) is 39.2 Å². The Morgan fingerprint density at radius 2 is 2.00 bits per heavy atom. The summed E-state index contributed by atoms with van der Waals surface area (Å²) in [4.78, 5) is 0. The van der Waals surface area contributed by atoms with Gasteiger partial charge in [0.05, 0.1) is 7.11 Å². The summed E-state index contributed by atoms with van der Waals surface area (Å²) in [6.07, 6.45) is 7.08. The first-order valence-corrected chi connectivity index (χ1v) is 7.59. The van der Waals surface area contributed by atoms with E-state index in [4.69, 9.17) is 4.74 Å².